The number of nitrogens with one attached hydrogen (secondary N) is 1. The first-order valence-electron chi connectivity index (χ1n) is 8.31. The molecule has 1 saturated heterocycles. The monoisotopic (exact) mass is 398 g/mol. The predicted octanol–water partition coefficient (Wildman–Crippen LogP) is 3.76. The third-order valence-electron chi connectivity index (χ3n) is 4.39. The van der Waals surface area contributed by atoms with E-state index in [0.29, 0.717) is 0 Å². The molecule has 0 spiro atoms. The number of anilines is 2. The van der Waals surface area contributed by atoms with Crippen molar-refractivity contribution >= 4 is 28.9 Å². The molecule has 2 heterocycles. The number of carbonyl (C=O) groups excluding carboxylic acids is 1. The van der Waals surface area contributed by atoms with Crippen LogP contribution in [-0.4, -0.2) is 49.0 Å². The summed E-state index contributed by atoms with van der Waals surface area (Å²) in [6.45, 7) is 3.61. The first-order chi connectivity index (χ1) is 12.7. The minimum Gasteiger partial charge on any atom is -0.368 e. The van der Waals surface area contributed by atoms with E-state index >= 15 is 0 Å². The zero-order valence-corrected chi connectivity index (χ0v) is 15.3. The number of benzene rings is 1. The Hall–Kier alpha value is -2.32. The molecule has 9 heteroatoms. The van der Waals surface area contributed by atoms with E-state index < -0.39 is 17.6 Å². The molecule has 144 valence electrons. The molecule has 0 unspecified atom stereocenters. The van der Waals surface area contributed by atoms with Gasteiger partial charge in [0.25, 0.3) is 5.91 Å². The lowest BCUT2D eigenvalue weighted by molar-refractivity contribution is -0.137. The van der Waals surface area contributed by atoms with Gasteiger partial charge in [0.2, 0.25) is 0 Å². The third-order valence-corrected chi connectivity index (χ3v) is 4.72. The van der Waals surface area contributed by atoms with Gasteiger partial charge in [-0.1, -0.05) is 11.6 Å². The molecule has 1 aliphatic rings. The van der Waals surface area contributed by atoms with Gasteiger partial charge in [-0.05, 0) is 37.4 Å². The molecule has 0 radical (unpaired) electrons. The quantitative estimate of drug-likeness (QED) is 0.855. The summed E-state index contributed by atoms with van der Waals surface area (Å²) in [7, 11) is 2.06. The SMILES string of the molecule is CN1CCN(c2ccc(C(=O)Nc3cc(C(F)(F)F)ccc3Cl)nc2)CC1. The number of halogens is 4. The Labute approximate surface area is 159 Å². The molecule has 1 aromatic carbocycles. The number of piperazine rings is 1. The molecule has 1 amide bonds. The molecule has 0 bridgehead atoms. The number of aromatic nitrogens is 1. The second-order valence-corrected chi connectivity index (χ2v) is 6.75. The van der Waals surface area contributed by atoms with Crippen LogP contribution >= 0.6 is 11.6 Å². The summed E-state index contributed by atoms with van der Waals surface area (Å²) in [5.41, 5.74) is 0.000108. The second kappa shape index (κ2) is 7.74. The van der Waals surface area contributed by atoms with Crippen LogP contribution in [-0.2, 0) is 6.18 Å². The van der Waals surface area contributed by atoms with E-state index in [0.717, 1.165) is 50.1 Å². The highest BCUT2D eigenvalue weighted by Crippen LogP contribution is 2.34. The average molecular weight is 399 g/mol. The Kier molecular flexibility index (Phi) is 5.57. The zero-order chi connectivity index (χ0) is 19.6. The Bertz CT molecular complexity index is 818. The van der Waals surface area contributed by atoms with Crippen molar-refractivity contribution in [3.63, 3.8) is 0 Å². The topological polar surface area (TPSA) is 48.5 Å². The number of likely N-dealkylation sites (N-methyl/N-ethyl adjacent to an activating group) is 1. The first-order valence-corrected chi connectivity index (χ1v) is 8.69. The summed E-state index contributed by atoms with van der Waals surface area (Å²) in [6, 6.07) is 6.09. The van der Waals surface area contributed by atoms with Crippen molar-refractivity contribution in [1.29, 1.82) is 0 Å². The van der Waals surface area contributed by atoms with E-state index in [4.69, 9.17) is 11.6 Å². The number of amides is 1. The average Bonchev–Trinajstić information content (AvgIpc) is 2.63. The fraction of sp³-hybridized carbons (Fsp3) is 0.333. The zero-order valence-electron chi connectivity index (χ0n) is 14.6. The third kappa shape index (κ3) is 4.70. The molecule has 1 fully saturated rings. The number of carbonyl (C=O) groups is 1. The van der Waals surface area contributed by atoms with Crippen molar-refractivity contribution in [3.8, 4) is 0 Å². The van der Waals surface area contributed by atoms with Crippen molar-refractivity contribution in [2.24, 2.45) is 0 Å². The van der Waals surface area contributed by atoms with E-state index in [1.165, 1.54) is 0 Å². The number of rotatable bonds is 3. The van der Waals surface area contributed by atoms with E-state index in [9.17, 15) is 18.0 Å². The van der Waals surface area contributed by atoms with Gasteiger partial charge in [-0.2, -0.15) is 13.2 Å². The first kappa shape index (κ1) is 19.4. The molecule has 0 atom stereocenters. The largest absolute Gasteiger partial charge is 0.416 e. The number of alkyl halides is 3. The fourth-order valence-corrected chi connectivity index (χ4v) is 2.92. The minimum absolute atomic E-state index is 0.0189. The summed E-state index contributed by atoms with van der Waals surface area (Å²) >= 11 is 5.90. The summed E-state index contributed by atoms with van der Waals surface area (Å²) in [6.07, 6.45) is -2.93. The van der Waals surface area contributed by atoms with Crippen LogP contribution < -0.4 is 10.2 Å². The molecule has 5 nitrogen and oxygen atoms in total. The number of hydrogen-bond acceptors (Lipinski definition) is 4. The van der Waals surface area contributed by atoms with Crippen molar-refractivity contribution in [1.82, 2.24) is 9.88 Å². The smallest absolute Gasteiger partial charge is 0.368 e. The fourth-order valence-electron chi connectivity index (χ4n) is 2.76. The lowest BCUT2D eigenvalue weighted by Crippen LogP contribution is -2.44. The van der Waals surface area contributed by atoms with Gasteiger partial charge in [-0.15, -0.1) is 0 Å². The minimum atomic E-state index is -4.52. The number of nitrogens with zero attached hydrogens (tertiary/aromatic N) is 3. The lowest BCUT2D eigenvalue weighted by Gasteiger charge is -2.33. The molecule has 2 aromatic rings. The van der Waals surface area contributed by atoms with Crippen molar-refractivity contribution < 1.29 is 18.0 Å². The molecular weight excluding hydrogens is 381 g/mol. The Morgan fingerprint density at radius 2 is 1.85 bits per heavy atom. The second-order valence-electron chi connectivity index (χ2n) is 6.34. The summed E-state index contributed by atoms with van der Waals surface area (Å²) in [5, 5.41) is 2.41. The summed E-state index contributed by atoms with van der Waals surface area (Å²) in [5.74, 6) is -0.624. The maximum atomic E-state index is 12.8. The molecule has 0 aliphatic carbocycles. The van der Waals surface area contributed by atoms with Crippen molar-refractivity contribution in [2.75, 3.05) is 43.4 Å². The van der Waals surface area contributed by atoms with Gasteiger partial charge in [0, 0.05) is 26.2 Å². The van der Waals surface area contributed by atoms with Crippen molar-refractivity contribution in [2.45, 2.75) is 6.18 Å². The molecule has 1 N–H and O–H groups in total. The maximum Gasteiger partial charge on any atom is 0.416 e. The number of pyridine rings is 1. The van der Waals surface area contributed by atoms with Crippen LogP contribution in [0.2, 0.25) is 5.02 Å². The normalized spacial score (nSPS) is 15.7. The molecule has 0 saturated carbocycles. The van der Waals surface area contributed by atoms with E-state index in [1.54, 1.807) is 18.3 Å². The highest BCUT2D eigenvalue weighted by Gasteiger charge is 2.31. The van der Waals surface area contributed by atoms with Crippen LogP contribution in [0.15, 0.2) is 36.5 Å². The van der Waals surface area contributed by atoms with Crippen molar-refractivity contribution in [3.05, 3.63) is 52.8 Å². The number of hydrogen-bond donors (Lipinski definition) is 1. The van der Waals surface area contributed by atoms with Crippen LogP contribution in [0.4, 0.5) is 24.5 Å². The van der Waals surface area contributed by atoms with Crippen LogP contribution in [0, 0.1) is 0 Å². The molecule has 27 heavy (non-hydrogen) atoms. The highest BCUT2D eigenvalue weighted by molar-refractivity contribution is 6.33. The van der Waals surface area contributed by atoms with Gasteiger partial charge in [0.15, 0.2) is 0 Å². The molecule has 3 rings (SSSR count). The Balaban J connectivity index is 1.71. The standard InChI is InChI=1S/C18H18ClF3N4O/c1-25-6-8-26(9-7-25)13-3-5-15(23-11-13)17(27)24-16-10-12(18(20,21)22)2-4-14(16)19/h2-5,10-11H,6-9H2,1H3,(H,24,27). The summed E-state index contributed by atoms with van der Waals surface area (Å²) in [4.78, 5) is 20.9. The highest BCUT2D eigenvalue weighted by atomic mass is 35.5. The van der Waals surface area contributed by atoms with Crippen LogP contribution in [0.1, 0.15) is 16.1 Å². The maximum absolute atomic E-state index is 12.8. The van der Waals surface area contributed by atoms with Gasteiger partial charge in [0.1, 0.15) is 5.69 Å². The lowest BCUT2D eigenvalue weighted by atomic mass is 10.2. The van der Waals surface area contributed by atoms with Crippen LogP contribution in [0.5, 0.6) is 0 Å². The molecule has 1 aliphatic heterocycles. The molecule has 1 aromatic heterocycles. The van der Waals surface area contributed by atoms with Crippen LogP contribution in [0.3, 0.4) is 0 Å². The molecular formula is C18H18ClF3N4O. The van der Waals surface area contributed by atoms with Gasteiger partial charge in [-0.25, -0.2) is 4.98 Å². The predicted molar refractivity (Wildman–Crippen MR) is 98.4 cm³/mol. The van der Waals surface area contributed by atoms with Gasteiger partial charge in [0.05, 0.1) is 28.2 Å². The Morgan fingerprint density at radius 1 is 1.15 bits per heavy atom. The van der Waals surface area contributed by atoms with Gasteiger partial charge >= 0.3 is 6.18 Å². The van der Waals surface area contributed by atoms with E-state index in [1.807, 2.05) is 0 Å². The Morgan fingerprint density at radius 3 is 2.44 bits per heavy atom. The van der Waals surface area contributed by atoms with Gasteiger partial charge in [-0.3, -0.25) is 4.79 Å². The van der Waals surface area contributed by atoms with Gasteiger partial charge < -0.3 is 15.1 Å². The van der Waals surface area contributed by atoms with Crippen LogP contribution in [0.25, 0.3) is 0 Å². The van der Waals surface area contributed by atoms with E-state index in [2.05, 4.69) is 27.1 Å². The summed E-state index contributed by atoms with van der Waals surface area (Å²) < 4.78 is 38.5. The van der Waals surface area contributed by atoms with E-state index in [-0.39, 0.29) is 16.4 Å².